The Labute approximate surface area is 150 Å². The molecule has 5 heteroatoms. The van der Waals surface area contributed by atoms with Gasteiger partial charge in [0.25, 0.3) is 5.91 Å². The molecule has 0 radical (unpaired) electrons. The molecule has 3 aromatic carbocycles. The Kier molecular flexibility index (Phi) is 4.79. The number of halogens is 1. The van der Waals surface area contributed by atoms with Crippen molar-refractivity contribution in [2.45, 2.75) is 6.92 Å². The molecule has 0 saturated heterocycles. The zero-order chi connectivity index (χ0) is 17.1. The van der Waals surface area contributed by atoms with Gasteiger partial charge in [0.1, 0.15) is 0 Å². The van der Waals surface area contributed by atoms with Crippen molar-refractivity contribution >= 4 is 51.3 Å². The second-order valence-electron chi connectivity index (χ2n) is 5.42. The quantitative estimate of drug-likeness (QED) is 0.641. The minimum absolute atomic E-state index is 0.254. The molecule has 0 atom stereocenters. The van der Waals surface area contributed by atoms with Crippen molar-refractivity contribution in [1.82, 2.24) is 5.32 Å². The van der Waals surface area contributed by atoms with E-state index in [9.17, 15) is 4.79 Å². The average Bonchev–Trinajstić information content (AvgIpc) is 2.54. The molecule has 120 valence electrons. The smallest absolute Gasteiger partial charge is 0.258 e. The Morgan fingerprint density at radius 2 is 1.71 bits per heavy atom. The summed E-state index contributed by atoms with van der Waals surface area (Å²) in [6.07, 6.45) is 0. The fourth-order valence-corrected chi connectivity index (χ4v) is 2.97. The number of carbonyl (C=O) groups excluding carboxylic acids is 1. The lowest BCUT2D eigenvalue weighted by molar-refractivity contribution is 0.0979. The number of benzene rings is 3. The fourth-order valence-electron chi connectivity index (χ4n) is 2.53. The summed E-state index contributed by atoms with van der Waals surface area (Å²) in [4.78, 5) is 12.6. The van der Waals surface area contributed by atoms with Crippen LogP contribution in [-0.2, 0) is 0 Å². The number of carbonyl (C=O) groups is 1. The molecule has 0 aliphatic heterocycles. The van der Waals surface area contributed by atoms with Gasteiger partial charge in [-0.2, -0.15) is 0 Å². The van der Waals surface area contributed by atoms with Gasteiger partial charge < -0.3 is 5.32 Å². The van der Waals surface area contributed by atoms with Crippen LogP contribution >= 0.6 is 23.8 Å². The number of aryl methyl sites for hydroxylation is 1. The van der Waals surface area contributed by atoms with E-state index in [-0.39, 0.29) is 11.0 Å². The van der Waals surface area contributed by atoms with Crippen LogP contribution in [0.25, 0.3) is 10.8 Å². The van der Waals surface area contributed by atoms with Crippen LogP contribution in [-0.4, -0.2) is 11.0 Å². The van der Waals surface area contributed by atoms with Gasteiger partial charge in [-0.25, -0.2) is 0 Å². The van der Waals surface area contributed by atoms with Crippen molar-refractivity contribution in [2.24, 2.45) is 0 Å². The van der Waals surface area contributed by atoms with E-state index in [0.717, 1.165) is 22.0 Å². The Hall–Kier alpha value is -2.43. The van der Waals surface area contributed by atoms with Crippen LogP contribution < -0.4 is 10.6 Å². The number of thiocarbonyl (C=S) groups is 1. The summed E-state index contributed by atoms with van der Waals surface area (Å²) in [7, 11) is 0. The van der Waals surface area contributed by atoms with Crippen molar-refractivity contribution in [3.05, 3.63) is 76.8 Å². The molecule has 2 N–H and O–H groups in total. The van der Waals surface area contributed by atoms with Gasteiger partial charge in [0.15, 0.2) is 5.11 Å². The summed E-state index contributed by atoms with van der Waals surface area (Å²) in [5.74, 6) is -0.270. The maximum atomic E-state index is 12.6. The van der Waals surface area contributed by atoms with Crippen LogP contribution in [0.4, 0.5) is 5.69 Å². The van der Waals surface area contributed by atoms with Crippen LogP contribution in [0.1, 0.15) is 15.9 Å². The van der Waals surface area contributed by atoms with Crippen LogP contribution in [0, 0.1) is 6.92 Å². The van der Waals surface area contributed by atoms with Gasteiger partial charge in [-0.3, -0.25) is 10.1 Å². The summed E-state index contributed by atoms with van der Waals surface area (Å²) >= 11 is 11.4. The Morgan fingerprint density at radius 3 is 2.50 bits per heavy atom. The molecule has 0 fully saturated rings. The normalized spacial score (nSPS) is 10.4. The van der Waals surface area contributed by atoms with E-state index >= 15 is 0 Å². The number of nitrogens with one attached hydrogen (secondary N) is 2. The molecule has 0 unspecified atom stereocenters. The minimum atomic E-state index is -0.270. The molecule has 0 aliphatic carbocycles. The molecule has 24 heavy (non-hydrogen) atoms. The first kappa shape index (κ1) is 16.4. The van der Waals surface area contributed by atoms with Crippen LogP contribution in [0.15, 0.2) is 60.7 Å². The lowest BCUT2D eigenvalue weighted by atomic mass is 10.0. The summed E-state index contributed by atoms with van der Waals surface area (Å²) in [6.45, 7) is 1.99. The molecule has 0 saturated carbocycles. The zero-order valence-electron chi connectivity index (χ0n) is 13.0. The number of fused-ring (bicyclic) bond motifs is 1. The standard InChI is InChI=1S/C19H15ClN2OS/c1-12-5-2-6-13(11-12)21-19(24)22-18(23)16-9-3-8-15-14(16)7-4-10-17(15)20/h2-11H,1H3,(H2,21,22,23,24). The molecule has 0 heterocycles. The van der Waals surface area contributed by atoms with E-state index in [1.807, 2.05) is 49.4 Å². The molecule has 0 bridgehead atoms. The lowest BCUT2D eigenvalue weighted by Gasteiger charge is -2.11. The molecule has 0 aromatic heterocycles. The van der Waals surface area contributed by atoms with Gasteiger partial charge in [-0.05, 0) is 54.4 Å². The molecule has 1 amide bonds. The summed E-state index contributed by atoms with van der Waals surface area (Å²) in [6, 6.07) is 18.7. The summed E-state index contributed by atoms with van der Waals surface area (Å²) in [5.41, 5.74) is 2.47. The largest absolute Gasteiger partial charge is 0.332 e. The van der Waals surface area contributed by atoms with E-state index in [0.29, 0.717) is 10.6 Å². The zero-order valence-corrected chi connectivity index (χ0v) is 14.5. The van der Waals surface area contributed by atoms with E-state index in [4.69, 9.17) is 23.8 Å². The monoisotopic (exact) mass is 354 g/mol. The predicted octanol–water partition coefficient (Wildman–Crippen LogP) is 4.93. The third kappa shape index (κ3) is 3.55. The highest BCUT2D eigenvalue weighted by Gasteiger charge is 2.12. The van der Waals surface area contributed by atoms with Crippen molar-refractivity contribution in [2.75, 3.05) is 5.32 Å². The highest BCUT2D eigenvalue weighted by molar-refractivity contribution is 7.80. The van der Waals surface area contributed by atoms with Gasteiger partial charge in [0.05, 0.1) is 0 Å². The average molecular weight is 355 g/mol. The maximum absolute atomic E-state index is 12.6. The minimum Gasteiger partial charge on any atom is -0.332 e. The first-order valence-electron chi connectivity index (χ1n) is 7.41. The first-order valence-corrected chi connectivity index (χ1v) is 8.19. The second kappa shape index (κ2) is 6.99. The van der Waals surface area contributed by atoms with E-state index < -0.39 is 0 Å². The number of amides is 1. The van der Waals surface area contributed by atoms with E-state index in [2.05, 4.69) is 10.6 Å². The van der Waals surface area contributed by atoms with Crippen LogP contribution in [0.2, 0.25) is 5.02 Å². The maximum Gasteiger partial charge on any atom is 0.258 e. The molecular weight excluding hydrogens is 340 g/mol. The number of hydrogen-bond acceptors (Lipinski definition) is 2. The third-order valence-corrected chi connectivity index (χ3v) is 4.15. The first-order chi connectivity index (χ1) is 11.5. The number of hydrogen-bond donors (Lipinski definition) is 2. The summed E-state index contributed by atoms with van der Waals surface area (Å²) in [5, 5.41) is 8.23. The Morgan fingerprint density at radius 1 is 1.00 bits per heavy atom. The number of anilines is 1. The molecule has 3 rings (SSSR count). The lowest BCUT2D eigenvalue weighted by Crippen LogP contribution is -2.34. The number of rotatable bonds is 2. The van der Waals surface area contributed by atoms with E-state index in [1.165, 1.54) is 0 Å². The predicted molar refractivity (Wildman–Crippen MR) is 104 cm³/mol. The fraction of sp³-hybridized carbons (Fsp3) is 0.0526. The Balaban J connectivity index is 1.80. The Bertz CT molecular complexity index is 940. The van der Waals surface area contributed by atoms with Crippen LogP contribution in [0.3, 0.4) is 0 Å². The van der Waals surface area contributed by atoms with Gasteiger partial charge in [0, 0.05) is 21.7 Å². The molecule has 0 spiro atoms. The van der Waals surface area contributed by atoms with Gasteiger partial charge in [0.2, 0.25) is 0 Å². The van der Waals surface area contributed by atoms with Crippen LogP contribution in [0.5, 0.6) is 0 Å². The van der Waals surface area contributed by atoms with Gasteiger partial charge in [-0.1, -0.05) is 48.0 Å². The van der Waals surface area contributed by atoms with Crippen molar-refractivity contribution in [3.8, 4) is 0 Å². The van der Waals surface area contributed by atoms with Crippen molar-refractivity contribution < 1.29 is 4.79 Å². The van der Waals surface area contributed by atoms with Gasteiger partial charge >= 0.3 is 0 Å². The summed E-state index contributed by atoms with van der Waals surface area (Å²) < 4.78 is 0. The topological polar surface area (TPSA) is 41.1 Å². The third-order valence-electron chi connectivity index (χ3n) is 3.62. The van der Waals surface area contributed by atoms with Gasteiger partial charge in [-0.15, -0.1) is 0 Å². The second-order valence-corrected chi connectivity index (χ2v) is 6.23. The SMILES string of the molecule is Cc1cccc(NC(=S)NC(=O)c2cccc3c(Cl)cccc23)c1. The highest BCUT2D eigenvalue weighted by atomic mass is 35.5. The molecule has 3 nitrogen and oxygen atoms in total. The van der Waals surface area contributed by atoms with Crippen molar-refractivity contribution in [1.29, 1.82) is 0 Å². The highest BCUT2D eigenvalue weighted by Crippen LogP contribution is 2.25. The molecule has 3 aromatic rings. The van der Waals surface area contributed by atoms with E-state index in [1.54, 1.807) is 18.2 Å². The molecule has 0 aliphatic rings. The molecular formula is C19H15ClN2OS. The van der Waals surface area contributed by atoms with Crippen molar-refractivity contribution in [3.63, 3.8) is 0 Å².